The number of hydrogen-bond donors (Lipinski definition) is 1. The summed E-state index contributed by atoms with van der Waals surface area (Å²) in [6.45, 7) is 8.33. The zero-order valence-corrected chi connectivity index (χ0v) is 10.5. The molecular formula is C13H19N3. The van der Waals surface area contributed by atoms with Crippen molar-refractivity contribution in [2.45, 2.75) is 46.1 Å². The number of rotatable bonds is 4. The zero-order valence-electron chi connectivity index (χ0n) is 10.5. The van der Waals surface area contributed by atoms with Gasteiger partial charge in [0.1, 0.15) is 11.9 Å². The molecule has 0 saturated heterocycles. The van der Waals surface area contributed by atoms with Crippen molar-refractivity contribution >= 4 is 5.82 Å². The van der Waals surface area contributed by atoms with Crippen LogP contribution in [0.1, 0.15) is 44.9 Å². The predicted molar refractivity (Wildman–Crippen MR) is 66.3 cm³/mol. The van der Waals surface area contributed by atoms with Crippen LogP contribution in [0, 0.1) is 18.3 Å². The molecule has 0 fully saturated rings. The van der Waals surface area contributed by atoms with Crippen LogP contribution in [0.2, 0.25) is 0 Å². The van der Waals surface area contributed by atoms with Gasteiger partial charge in [0.05, 0.1) is 5.56 Å². The second kappa shape index (κ2) is 4.98. The molecular weight excluding hydrogens is 198 g/mol. The summed E-state index contributed by atoms with van der Waals surface area (Å²) in [5.74, 6) is 0.695. The molecule has 0 aliphatic heterocycles. The van der Waals surface area contributed by atoms with E-state index in [4.69, 9.17) is 5.26 Å². The van der Waals surface area contributed by atoms with E-state index in [0.717, 1.165) is 18.5 Å². The van der Waals surface area contributed by atoms with Gasteiger partial charge >= 0.3 is 0 Å². The molecule has 1 heterocycles. The summed E-state index contributed by atoms with van der Waals surface area (Å²) in [7, 11) is 0. The monoisotopic (exact) mass is 217 g/mol. The molecule has 16 heavy (non-hydrogen) atoms. The second-order valence-electron chi connectivity index (χ2n) is 4.72. The van der Waals surface area contributed by atoms with Crippen LogP contribution in [-0.4, -0.2) is 10.5 Å². The van der Waals surface area contributed by atoms with E-state index in [9.17, 15) is 0 Å². The number of aryl methyl sites for hydroxylation is 1. The number of hydrogen-bond acceptors (Lipinski definition) is 3. The van der Waals surface area contributed by atoms with Crippen molar-refractivity contribution in [2.75, 3.05) is 5.32 Å². The zero-order chi connectivity index (χ0) is 12.2. The molecule has 3 heteroatoms. The Kier molecular flexibility index (Phi) is 3.89. The molecule has 86 valence electrons. The lowest BCUT2D eigenvalue weighted by molar-refractivity contribution is 0.509. The van der Waals surface area contributed by atoms with Crippen LogP contribution >= 0.6 is 0 Å². The molecule has 1 aromatic heterocycles. The number of nitrogens with one attached hydrogen (secondary N) is 1. The van der Waals surface area contributed by atoms with E-state index >= 15 is 0 Å². The lowest BCUT2D eigenvalue weighted by Gasteiger charge is -2.27. The molecule has 3 nitrogen and oxygen atoms in total. The van der Waals surface area contributed by atoms with Crippen molar-refractivity contribution < 1.29 is 0 Å². The van der Waals surface area contributed by atoms with Crippen molar-refractivity contribution in [3.63, 3.8) is 0 Å². The van der Waals surface area contributed by atoms with Crippen LogP contribution in [-0.2, 0) is 0 Å². The minimum Gasteiger partial charge on any atom is -0.364 e. The van der Waals surface area contributed by atoms with Crippen molar-refractivity contribution in [2.24, 2.45) is 0 Å². The molecule has 1 N–H and O–H groups in total. The van der Waals surface area contributed by atoms with Gasteiger partial charge in [-0.15, -0.1) is 0 Å². The number of nitrogens with zero attached hydrogens (tertiary/aromatic N) is 2. The van der Waals surface area contributed by atoms with Gasteiger partial charge in [-0.05, 0) is 39.3 Å². The Hall–Kier alpha value is -1.56. The summed E-state index contributed by atoms with van der Waals surface area (Å²) in [5.41, 5.74) is 1.50. The van der Waals surface area contributed by atoms with Gasteiger partial charge in [-0.1, -0.05) is 13.3 Å². The van der Waals surface area contributed by atoms with Crippen LogP contribution in [0.3, 0.4) is 0 Å². The lowest BCUT2D eigenvalue weighted by atomic mass is 9.98. The maximum atomic E-state index is 9.01. The molecule has 0 spiro atoms. The highest BCUT2D eigenvalue weighted by Gasteiger charge is 2.18. The third-order valence-electron chi connectivity index (χ3n) is 2.49. The minimum atomic E-state index is -0.0266. The average Bonchev–Trinajstić information content (AvgIpc) is 2.17. The first-order chi connectivity index (χ1) is 7.48. The maximum Gasteiger partial charge on any atom is 0.144 e. The Balaban J connectivity index is 2.96. The topological polar surface area (TPSA) is 48.7 Å². The molecule has 0 saturated carbocycles. The maximum absolute atomic E-state index is 9.01. The molecule has 1 rings (SSSR count). The van der Waals surface area contributed by atoms with Gasteiger partial charge in [0.15, 0.2) is 0 Å². The molecule has 0 aromatic carbocycles. The quantitative estimate of drug-likeness (QED) is 0.842. The van der Waals surface area contributed by atoms with Gasteiger partial charge in [0.2, 0.25) is 0 Å². The largest absolute Gasteiger partial charge is 0.364 e. The molecule has 0 bridgehead atoms. The highest BCUT2D eigenvalue weighted by molar-refractivity contribution is 5.53. The summed E-state index contributed by atoms with van der Waals surface area (Å²) in [6.07, 6.45) is 2.15. The summed E-state index contributed by atoms with van der Waals surface area (Å²) >= 11 is 0. The van der Waals surface area contributed by atoms with Gasteiger partial charge < -0.3 is 5.32 Å². The number of nitriles is 1. The van der Waals surface area contributed by atoms with E-state index in [2.05, 4.69) is 37.1 Å². The fourth-order valence-electron chi connectivity index (χ4n) is 1.75. The van der Waals surface area contributed by atoms with E-state index in [1.54, 1.807) is 0 Å². The van der Waals surface area contributed by atoms with Crippen molar-refractivity contribution in [1.29, 1.82) is 5.26 Å². The molecule has 0 atom stereocenters. The van der Waals surface area contributed by atoms with E-state index in [1.165, 1.54) is 0 Å². The Morgan fingerprint density at radius 3 is 2.69 bits per heavy atom. The van der Waals surface area contributed by atoms with E-state index in [-0.39, 0.29) is 5.54 Å². The fourth-order valence-corrected chi connectivity index (χ4v) is 1.75. The highest BCUT2D eigenvalue weighted by atomic mass is 15.0. The smallest absolute Gasteiger partial charge is 0.144 e. The SMILES string of the molecule is CCCC(C)(C)Nc1nc(C)ccc1C#N. The van der Waals surface area contributed by atoms with E-state index < -0.39 is 0 Å². The Morgan fingerprint density at radius 2 is 2.12 bits per heavy atom. The summed E-state index contributed by atoms with van der Waals surface area (Å²) in [5, 5.41) is 12.4. The highest BCUT2D eigenvalue weighted by Crippen LogP contribution is 2.21. The second-order valence-corrected chi connectivity index (χ2v) is 4.72. The van der Waals surface area contributed by atoms with Crippen LogP contribution < -0.4 is 5.32 Å². The van der Waals surface area contributed by atoms with Gasteiger partial charge in [-0.2, -0.15) is 5.26 Å². The molecule has 0 aliphatic carbocycles. The minimum absolute atomic E-state index is 0.0266. The summed E-state index contributed by atoms with van der Waals surface area (Å²) in [4.78, 5) is 4.38. The molecule has 0 aliphatic rings. The molecule has 0 unspecified atom stereocenters. The Bertz CT molecular complexity index is 402. The van der Waals surface area contributed by atoms with Crippen LogP contribution in [0.4, 0.5) is 5.82 Å². The summed E-state index contributed by atoms with van der Waals surface area (Å²) in [6, 6.07) is 5.83. The third kappa shape index (κ3) is 3.23. The number of aromatic nitrogens is 1. The first kappa shape index (κ1) is 12.5. The third-order valence-corrected chi connectivity index (χ3v) is 2.49. The van der Waals surface area contributed by atoms with E-state index in [0.29, 0.717) is 11.4 Å². The van der Waals surface area contributed by atoms with Crippen molar-refractivity contribution in [3.8, 4) is 6.07 Å². The van der Waals surface area contributed by atoms with Gasteiger partial charge in [0, 0.05) is 11.2 Å². The number of anilines is 1. The standard InChI is InChI=1S/C13H19N3/c1-5-8-13(3,4)16-12-11(9-14)7-6-10(2)15-12/h6-7H,5,8H2,1-4H3,(H,15,16). The van der Waals surface area contributed by atoms with Gasteiger partial charge in [-0.3, -0.25) is 0 Å². The van der Waals surface area contributed by atoms with Crippen LogP contribution in [0.5, 0.6) is 0 Å². The predicted octanol–water partition coefficient (Wildman–Crippen LogP) is 3.25. The number of pyridine rings is 1. The van der Waals surface area contributed by atoms with Crippen LogP contribution in [0.25, 0.3) is 0 Å². The van der Waals surface area contributed by atoms with Gasteiger partial charge in [0.25, 0.3) is 0 Å². The first-order valence-corrected chi connectivity index (χ1v) is 5.64. The Morgan fingerprint density at radius 1 is 1.44 bits per heavy atom. The van der Waals surface area contributed by atoms with Crippen molar-refractivity contribution in [3.05, 3.63) is 23.4 Å². The molecule has 1 aromatic rings. The average molecular weight is 217 g/mol. The Labute approximate surface area is 97.5 Å². The normalized spacial score (nSPS) is 10.9. The van der Waals surface area contributed by atoms with E-state index in [1.807, 2.05) is 19.1 Å². The molecule has 0 amide bonds. The van der Waals surface area contributed by atoms with Crippen LogP contribution in [0.15, 0.2) is 12.1 Å². The van der Waals surface area contributed by atoms with Gasteiger partial charge in [-0.25, -0.2) is 4.98 Å². The molecule has 0 radical (unpaired) electrons. The fraction of sp³-hybridized carbons (Fsp3) is 0.538. The first-order valence-electron chi connectivity index (χ1n) is 5.64. The lowest BCUT2D eigenvalue weighted by Crippen LogP contribution is -2.31. The van der Waals surface area contributed by atoms with Crippen molar-refractivity contribution in [1.82, 2.24) is 4.98 Å². The summed E-state index contributed by atoms with van der Waals surface area (Å²) < 4.78 is 0.